The number of aromatic nitrogens is 1. The van der Waals surface area contributed by atoms with Gasteiger partial charge in [0, 0.05) is 6.20 Å². The summed E-state index contributed by atoms with van der Waals surface area (Å²) in [4.78, 5) is 3.93. The lowest BCUT2D eigenvalue weighted by Gasteiger charge is -2.18. The third-order valence-electron chi connectivity index (χ3n) is 2.39. The van der Waals surface area contributed by atoms with Crippen LogP contribution in [0.2, 0.25) is 0 Å². The molecule has 0 saturated carbocycles. The maximum absolute atomic E-state index is 8.71. The number of pyridine rings is 1. The molecule has 1 aromatic rings. The molecule has 0 aliphatic heterocycles. The fourth-order valence-electron chi connectivity index (χ4n) is 1.53. The van der Waals surface area contributed by atoms with Crippen molar-refractivity contribution in [2.24, 2.45) is 11.7 Å². The molecule has 2 N–H and O–H groups in total. The van der Waals surface area contributed by atoms with Crippen LogP contribution in [-0.4, -0.2) is 11.5 Å². The van der Waals surface area contributed by atoms with Gasteiger partial charge in [-0.2, -0.15) is 5.26 Å². The van der Waals surface area contributed by atoms with E-state index in [2.05, 4.69) is 18.8 Å². The van der Waals surface area contributed by atoms with Crippen LogP contribution in [0.1, 0.15) is 31.0 Å². The van der Waals surface area contributed by atoms with Crippen molar-refractivity contribution in [2.75, 3.05) is 6.54 Å². The highest BCUT2D eigenvalue weighted by Gasteiger charge is 2.14. The normalized spacial score (nSPS) is 12.5. The Hall–Kier alpha value is -1.40. The Morgan fingerprint density at radius 2 is 2.29 bits per heavy atom. The van der Waals surface area contributed by atoms with Crippen molar-refractivity contribution in [1.82, 2.24) is 4.98 Å². The van der Waals surface area contributed by atoms with Crippen LogP contribution in [0.25, 0.3) is 0 Å². The van der Waals surface area contributed by atoms with Crippen molar-refractivity contribution in [3.05, 3.63) is 29.6 Å². The number of rotatable bonds is 3. The van der Waals surface area contributed by atoms with E-state index in [9.17, 15) is 0 Å². The van der Waals surface area contributed by atoms with Crippen molar-refractivity contribution in [2.45, 2.75) is 19.8 Å². The summed E-state index contributed by atoms with van der Waals surface area (Å²) in [6.07, 6.45) is 1.67. The number of nitrogens with zero attached hydrogens (tertiary/aromatic N) is 2. The van der Waals surface area contributed by atoms with Gasteiger partial charge >= 0.3 is 0 Å². The molecule has 0 spiro atoms. The first-order valence-corrected chi connectivity index (χ1v) is 4.75. The lowest BCUT2D eigenvalue weighted by atomic mass is 9.89. The Balaban J connectivity index is 2.99. The van der Waals surface area contributed by atoms with Crippen LogP contribution in [0, 0.1) is 17.2 Å². The predicted octanol–water partition coefficient (Wildman–Crippen LogP) is 1.65. The summed E-state index contributed by atoms with van der Waals surface area (Å²) in [5.41, 5.74) is 7.26. The summed E-state index contributed by atoms with van der Waals surface area (Å²) in [5.74, 6) is 0.791. The van der Waals surface area contributed by atoms with Crippen LogP contribution in [-0.2, 0) is 0 Å². The van der Waals surface area contributed by atoms with Crippen molar-refractivity contribution in [1.29, 1.82) is 5.26 Å². The lowest BCUT2D eigenvalue weighted by molar-refractivity contribution is 0.506. The van der Waals surface area contributed by atoms with Gasteiger partial charge in [0.2, 0.25) is 0 Å². The second-order valence-corrected chi connectivity index (χ2v) is 3.67. The minimum atomic E-state index is 0.310. The first-order chi connectivity index (χ1) is 6.69. The number of hydrogen-bond donors (Lipinski definition) is 1. The molecule has 3 nitrogen and oxygen atoms in total. The maximum Gasteiger partial charge on any atom is 0.140 e. The Bertz CT molecular complexity index is 339. The molecule has 1 rings (SSSR count). The minimum absolute atomic E-state index is 0.310. The van der Waals surface area contributed by atoms with Crippen molar-refractivity contribution in [3.8, 4) is 6.07 Å². The Morgan fingerprint density at radius 3 is 2.79 bits per heavy atom. The van der Waals surface area contributed by atoms with Crippen LogP contribution in [0.15, 0.2) is 18.3 Å². The zero-order chi connectivity index (χ0) is 10.6. The summed E-state index contributed by atoms with van der Waals surface area (Å²) >= 11 is 0. The maximum atomic E-state index is 8.71. The van der Waals surface area contributed by atoms with Crippen molar-refractivity contribution >= 4 is 0 Å². The first kappa shape index (κ1) is 10.7. The SMILES string of the molecule is CC(C)C(CN)c1ccnc(C#N)c1. The molecular formula is C11H15N3. The smallest absolute Gasteiger partial charge is 0.140 e. The predicted molar refractivity (Wildman–Crippen MR) is 55.6 cm³/mol. The van der Waals surface area contributed by atoms with Gasteiger partial charge in [-0.25, -0.2) is 4.98 Å². The van der Waals surface area contributed by atoms with Gasteiger partial charge in [0.05, 0.1) is 0 Å². The molecule has 0 aliphatic carbocycles. The van der Waals surface area contributed by atoms with Gasteiger partial charge in [-0.15, -0.1) is 0 Å². The van der Waals surface area contributed by atoms with Crippen LogP contribution >= 0.6 is 0 Å². The molecule has 0 aromatic carbocycles. The van der Waals surface area contributed by atoms with E-state index in [1.165, 1.54) is 0 Å². The third-order valence-corrected chi connectivity index (χ3v) is 2.39. The second-order valence-electron chi connectivity index (χ2n) is 3.67. The van der Waals surface area contributed by atoms with E-state index in [4.69, 9.17) is 11.0 Å². The largest absolute Gasteiger partial charge is 0.330 e. The fraction of sp³-hybridized carbons (Fsp3) is 0.455. The molecule has 1 heterocycles. The monoisotopic (exact) mass is 189 g/mol. The Morgan fingerprint density at radius 1 is 1.57 bits per heavy atom. The Kier molecular flexibility index (Phi) is 3.61. The number of nitrogens with two attached hydrogens (primary N) is 1. The molecule has 0 radical (unpaired) electrons. The molecular weight excluding hydrogens is 174 g/mol. The zero-order valence-electron chi connectivity index (χ0n) is 8.57. The van der Waals surface area contributed by atoms with Crippen LogP contribution in [0.4, 0.5) is 0 Å². The molecule has 3 heteroatoms. The quantitative estimate of drug-likeness (QED) is 0.786. The summed E-state index contributed by atoms with van der Waals surface area (Å²) in [5, 5.41) is 8.71. The van der Waals surface area contributed by atoms with Gasteiger partial charge in [0.1, 0.15) is 11.8 Å². The van der Waals surface area contributed by atoms with Crippen LogP contribution in [0.3, 0.4) is 0 Å². The summed E-state index contributed by atoms with van der Waals surface area (Å²) in [6, 6.07) is 5.78. The standard InChI is InChI=1S/C11H15N3/c1-8(2)11(7-13)9-3-4-14-10(5-9)6-12/h3-5,8,11H,7,13H2,1-2H3. The van der Waals surface area contributed by atoms with E-state index >= 15 is 0 Å². The van der Waals surface area contributed by atoms with E-state index in [1.807, 2.05) is 18.2 Å². The van der Waals surface area contributed by atoms with E-state index in [-0.39, 0.29) is 0 Å². The average molecular weight is 189 g/mol. The topological polar surface area (TPSA) is 62.7 Å². The highest BCUT2D eigenvalue weighted by atomic mass is 14.7. The number of hydrogen-bond acceptors (Lipinski definition) is 3. The summed E-state index contributed by atoms with van der Waals surface area (Å²) < 4.78 is 0. The Labute approximate surface area is 84.6 Å². The van der Waals surface area contributed by atoms with Gasteiger partial charge in [0.25, 0.3) is 0 Å². The van der Waals surface area contributed by atoms with Gasteiger partial charge in [-0.1, -0.05) is 13.8 Å². The van der Waals surface area contributed by atoms with E-state index < -0.39 is 0 Å². The van der Waals surface area contributed by atoms with Gasteiger partial charge in [-0.05, 0) is 36.1 Å². The molecule has 74 valence electrons. The molecule has 0 bridgehead atoms. The van der Waals surface area contributed by atoms with E-state index in [0.29, 0.717) is 24.1 Å². The third kappa shape index (κ3) is 2.30. The molecule has 1 aromatic heterocycles. The highest BCUT2D eigenvalue weighted by molar-refractivity contribution is 5.28. The van der Waals surface area contributed by atoms with E-state index in [0.717, 1.165) is 5.56 Å². The van der Waals surface area contributed by atoms with Crippen molar-refractivity contribution in [3.63, 3.8) is 0 Å². The molecule has 0 fully saturated rings. The molecule has 14 heavy (non-hydrogen) atoms. The first-order valence-electron chi connectivity index (χ1n) is 4.75. The van der Waals surface area contributed by atoms with Gasteiger partial charge < -0.3 is 5.73 Å². The molecule has 0 amide bonds. The van der Waals surface area contributed by atoms with Gasteiger partial charge in [-0.3, -0.25) is 0 Å². The average Bonchev–Trinajstić information content (AvgIpc) is 2.19. The molecule has 0 saturated heterocycles. The molecule has 1 atom stereocenters. The fourth-order valence-corrected chi connectivity index (χ4v) is 1.53. The highest BCUT2D eigenvalue weighted by Crippen LogP contribution is 2.22. The van der Waals surface area contributed by atoms with E-state index in [1.54, 1.807) is 6.20 Å². The van der Waals surface area contributed by atoms with Gasteiger partial charge in [0.15, 0.2) is 0 Å². The second kappa shape index (κ2) is 4.73. The summed E-state index contributed by atoms with van der Waals surface area (Å²) in [7, 11) is 0. The molecule has 1 unspecified atom stereocenters. The van der Waals surface area contributed by atoms with Crippen LogP contribution < -0.4 is 5.73 Å². The van der Waals surface area contributed by atoms with Crippen LogP contribution in [0.5, 0.6) is 0 Å². The molecule has 0 aliphatic rings. The zero-order valence-corrected chi connectivity index (χ0v) is 8.57. The minimum Gasteiger partial charge on any atom is -0.330 e. The number of nitriles is 1. The lowest BCUT2D eigenvalue weighted by Crippen LogP contribution is -2.17. The van der Waals surface area contributed by atoms with Crippen molar-refractivity contribution < 1.29 is 0 Å². The summed E-state index contributed by atoms with van der Waals surface area (Å²) in [6.45, 7) is 4.86.